The molecule has 1 aromatic rings. The van der Waals surface area contributed by atoms with E-state index in [0.717, 1.165) is 42.3 Å². The van der Waals surface area contributed by atoms with E-state index < -0.39 is 18.2 Å². The number of halogens is 1. The predicted molar refractivity (Wildman–Crippen MR) is 105 cm³/mol. The Bertz CT molecular complexity index is 710. The average Bonchev–Trinajstić information content (AvgIpc) is 2.99. The van der Waals surface area contributed by atoms with Crippen molar-refractivity contribution < 1.29 is 9.59 Å². The van der Waals surface area contributed by atoms with E-state index in [-0.39, 0.29) is 5.91 Å². The number of amidine groups is 1. The van der Waals surface area contributed by atoms with E-state index in [9.17, 15) is 9.59 Å². The number of benzene rings is 1. The number of carbonyl (C=O) groups is 2. The van der Waals surface area contributed by atoms with Gasteiger partial charge in [0, 0.05) is 24.4 Å². The van der Waals surface area contributed by atoms with Gasteiger partial charge in [-0.05, 0) is 24.1 Å². The fourth-order valence-electron chi connectivity index (χ4n) is 3.12. The molecule has 0 aromatic heterocycles. The highest BCUT2D eigenvalue weighted by Gasteiger charge is 2.48. The zero-order valence-corrected chi connectivity index (χ0v) is 16.5. The zero-order chi connectivity index (χ0) is 18.7. The summed E-state index contributed by atoms with van der Waals surface area (Å²) in [7, 11) is 1.68. The molecular weight excluding hydrogens is 372 g/mol. The van der Waals surface area contributed by atoms with Gasteiger partial charge in [0.2, 0.25) is 0 Å². The van der Waals surface area contributed by atoms with E-state index in [1.807, 2.05) is 24.3 Å². The first kappa shape index (κ1) is 19.0. The Balaban J connectivity index is 1.76. The number of nitrogens with one attached hydrogen (secondary N) is 1. The normalized spacial score (nSPS) is 22.3. The lowest BCUT2D eigenvalue weighted by molar-refractivity contribution is -0.127. The number of amides is 3. The highest BCUT2D eigenvalue weighted by molar-refractivity contribution is 8.13. The molecule has 26 heavy (non-hydrogen) atoms. The number of hydrogen-bond acceptors (Lipinski definition) is 5. The Morgan fingerprint density at radius 2 is 1.96 bits per heavy atom. The maximum atomic E-state index is 12.4. The Morgan fingerprint density at radius 3 is 2.65 bits per heavy atom. The minimum atomic E-state index is -0.453. The van der Waals surface area contributed by atoms with E-state index in [4.69, 9.17) is 16.6 Å². The van der Waals surface area contributed by atoms with Crippen LogP contribution in [0, 0.1) is 0 Å². The molecule has 1 saturated heterocycles. The molecule has 2 atom stereocenters. The third kappa shape index (κ3) is 3.99. The molecule has 2 aliphatic rings. The summed E-state index contributed by atoms with van der Waals surface area (Å²) >= 11 is 7.54. The SMILES string of the molecule is CCCCCN1C(SCc2ccc(Cl)cc2)=NC2C1C(=O)NC(=O)N2C. The first-order chi connectivity index (χ1) is 12.5. The number of aliphatic imine (C=N–C) groups is 1. The number of urea groups is 1. The predicted octanol–water partition coefficient (Wildman–Crippen LogP) is 3.31. The second-order valence-electron chi connectivity index (χ2n) is 6.49. The molecule has 2 heterocycles. The Labute approximate surface area is 163 Å². The molecule has 6 nitrogen and oxygen atoms in total. The van der Waals surface area contributed by atoms with E-state index in [1.54, 1.807) is 18.8 Å². The van der Waals surface area contributed by atoms with Crippen LogP contribution >= 0.6 is 23.4 Å². The van der Waals surface area contributed by atoms with Crippen molar-refractivity contribution in [3.05, 3.63) is 34.9 Å². The highest BCUT2D eigenvalue weighted by atomic mass is 35.5. The van der Waals surface area contributed by atoms with Gasteiger partial charge < -0.3 is 9.80 Å². The van der Waals surface area contributed by atoms with E-state index in [2.05, 4.69) is 17.1 Å². The van der Waals surface area contributed by atoms with Crippen molar-refractivity contribution in [1.82, 2.24) is 15.1 Å². The van der Waals surface area contributed by atoms with Crippen LogP contribution in [0.3, 0.4) is 0 Å². The topological polar surface area (TPSA) is 65.0 Å². The summed E-state index contributed by atoms with van der Waals surface area (Å²) in [5.74, 6) is 0.472. The molecule has 3 rings (SSSR count). The van der Waals surface area contributed by atoms with Gasteiger partial charge in [0.05, 0.1) is 0 Å². The molecule has 0 saturated carbocycles. The first-order valence-electron chi connectivity index (χ1n) is 8.80. The molecule has 3 amide bonds. The fourth-order valence-corrected chi connectivity index (χ4v) is 4.28. The summed E-state index contributed by atoms with van der Waals surface area (Å²) in [6.07, 6.45) is 2.74. The average molecular weight is 395 g/mol. The smallest absolute Gasteiger partial charge is 0.325 e. The second kappa shape index (κ2) is 8.31. The molecule has 0 aliphatic carbocycles. The summed E-state index contributed by atoms with van der Waals surface area (Å²) in [5, 5.41) is 3.96. The summed E-state index contributed by atoms with van der Waals surface area (Å²) in [5.41, 5.74) is 1.14. The van der Waals surface area contributed by atoms with Gasteiger partial charge in [-0.25, -0.2) is 9.79 Å². The van der Waals surface area contributed by atoms with Crippen molar-refractivity contribution in [3.63, 3.8) is 0 Å². The van der Waals surface area contributed by atoms with Gasteiger partial charge in [-0.15, -0.1) is 0 Å². The minimum absolute atomic E-state index is 0.263. The maximum Gasteiger partial charge on any atom is 0.325 e. The van der Waals surface area contributed by atoms with Gasteiger partial charge in [0.15, 0.2) is 17.4 Å². The number of unbranched alkanes of at least 4 members (excludes halogenated alkanes) is 2. The standard InChI is InChI=1S/C18H23ClN4O2S/c1-3-4-5-10-23-14-15(22(2)17(25)21-16(14)24)20-18(23)26-11-12-6-8-13(19)9-7-12/h6-9,14-15H,3-5,10-11H2,1-2H3,(H,21,24,25). The number of hydrogen-bond donors (Lipinski definition) is 1. The molecule has 2 unspecified atom stereocenters. The van der Waals surface area contributed by atoms with Crippen molar-refractivity contribution in [2.24, 2.45) is 4.99 Å². The second-order valence-corrected chi connectivity index (χ2v) is 7.87. The number of nitrogens with zero attached hydrogens (tertiary/aromatic N) is 3. The van der Waals surface area contributed by atoms with Crippen LogP contribution in [0.5, 0.6) is 0 Å². The Morgan fingerprint density at radius 1 is 1.23 bits per heavy atom. The third-order valence-electron chi connectivity index (χ3n) is 4.61. The van der Waals surface area contributed by atoms with Crippen LogP contribution in [0.4, 0.5) is 4.79 Å². The van der Waals surface area contributed by atoms with Gasteiger partial charge in [0.25, 0.3) is 5.91 Å². The Hall–Kier alpha value is -1.73. The monoisotopic (exact) mass is 394 g/mol. The fraction of sp³-hybridized carbons (Fsp3) is 0.500. The number of likely N-dealkylation sites (N-methyl/N-ethyl adjacent to an activating group) is 1. The highest BCUT2D eigenvalue weighted by Crippen LogP contribution is 2.30. The number of imide groups is 1. The Kier molecular flexibility index (Phi) is 6.09. The van der Waals surface area contributed by atoms with Crippen LogP contribution in [-0.2, 0) is 10.5 Å². The van der Waals surface area contributed by atoms with E-state index in [0.29, 0.717) is 5.02 Å². The van der Waals surface area contributed by atoms with Crippen LogP contribution in [0.15, 0.2) is 29.3 Å². The summed E-state index contributed by atoms with van der Waals surface area (Å²) in [4.78, 5) is 32.6. The van der Waals surface area contributed by atoms with Crippen LogP contribution in [0.2, 0.25) is 5.02 Å². The molecule has 1 fully saturated rings. The number of carbonyl (C=O) groups excluding carboxylic acids is 2. The molecule has 0 spiro atoms. The third-order valence-corrected chi connectivity index (χ3v) is 5.93. The quantitative estimate of drug-likeness (QED) is 0.752. The molecule has 0 radical (unpaired) electrons. The lowest BCUT2D eigenvalue weighted by atomic mass is 10.1. The van der Waals surface area contributed by atoms with Crippen molar-refractivity contribution in [1.29, 1.82) is 0 Å². The van der Waals surface area contributed by atoms with Crippen LogP contribution in [0.25, 0.3) is 0 Å². The van der Waals surface area contributed by atoms with Crippen molar-refractivity contribution in [3.8, 4) is 0 Å². The van der Waals surface area contributed by atoms with Crippen LogP contribution in [0.1, 0.15) is 31.7 Å². The van der Waals surface area contributed by atoms with Gasteiger partial charge in [-0.2, -0.15) is 0 Å². The first-order valence-corrected chi connectivity index (χ1v) is 10.2. The van der Waals surface area contributed by atoms with Gasteiger partial charge in [0.1, 0.15) is 0 Å². The van der Waals surface area contributed by atoms with E-state index >= 15 is 0 Å². The molecule has 140 valence electrons. The van der Waals surface area contributed by atoms with Gasteiger partial charge in [-0.3, -0.25) is 10.1 Å². The zero-order valence-electron chi connectivity index (χ0n) is 14.9. The summed E-state index contributed by atoms with van der Waals surface area (Å²) in [6, 6.07) is 6.88. The van der Waals surface area contributed by atoms with Crippen LogP contribution in [-0.4, -0.2) is 52.7 Å². The largest absolute Gasteiger partial charge is 0.336 e. The molecule has 0 bridgehead atoms. The summed E-state index contributed by atoms with van der Waals surface area (Å²) in [6.45, 7) is 2.91. The summed E-state index contributed by atoms with van der Waals surface area (Å²) < 4.78 is 0. The van der Waals surface area contributed by atoms with E-state index in [1.165, 1.54) is 4.90 Å². The molecule has 2 aliphatic heterocycles. The number of rotatable bonds is 6. The van der Waals surface area contributed by atoms with Crippen molar-refractivity contribution >= 4 is 40.5 Å². The maximum absolute atomic E-state index is 12.4. The lowest BCUT2D eigenvalue weighted by Crippen LogP contribution is -2.63. The molecular formula is C18H23ClN4O2S. The van der Waals surface area contributed by atoms with Gasteiger partial charge in [-0.1, -0.05) is 55.3 Å². The number of fused-ring (bicyclic) bond motifs is 1. The lowest BCUT2D eigenvalue weighted by Gasteiger charge is -2.36. The molecule has 1 aromatic carbocycles. The minimum Gasteiger partial charge on any atom is -0.336 e. The van der Waals surface area contributed by atoms with Crippen molar-refractivity contribution in [2.75, 3.05) is 13.6 Å². The van der Waals surface area contributed by atoms with Crippen molar-refractivity contribution in [2.45, 2.75) is 44.1 Å². The number of thioether (sulfide) groups is 1. The molecule has 8 heteroatoms. The molecule has 1 N–H and O–H groups in total. The van der Waals surface area contributed by atoms with Gasteiger partial charge >= 0.3 is 6.03 Å². The van der Waals surface area contributed by atoms with Crippen LogP contribution < -0.4 is 5.32 Å².